The molecular weight excluding hydrogens is 379 g/mol. The van der Waals surface area contributed by atoms with Gasteiger partial charge in [0.25, 0.3) is 0 Å². The summed E-state index contributed by atoms with van der Waals surface area (Å²) in [4.78, 5) is 12.7. The first-order chi connectivity index (χ1) is 12.2. The maximum Gasteiger partial charge on any atom is 0.244 e. The first kappa shape index (κ1) is 20.2. The van der Waals surface area contributed by atoms with Crippen LogP contribution in [0.15, 0.2) is 48.5 Å². The van der Waals surface area contributed by atoms with E-state index in [1.165, 1.54) is 12.1 Å². The van der Waals surface area contributed by atoms with E-state index in [1.54, 1.807) is 31.2 Å². The number of hydrogen-bond acceptors (Lipinski definition) is 3. The summed E-state index contributed by atoms with van der Waals surface area (Å²) in [7, 11) is -3.75. The van der Waals surface area contributed by atoms with Gasteiger partial charge in [-0.3, -0.25) is 9.10 Å². The molecule has 0 aliphatic carbocycles. The van der Waals surface area contributed by atoms with Crippen molar-refractivity contribution in [3.8, 4) is 0 Å². The fourth-order valence-corrected chi connectivity index (χ4v) is 4.00. The number of benzene rings is 2. The second kappa shape index (κ2) is 8.51. The van der Waals surface area contributed by atoms with Gasteiger partial charge in [0, 0.05) is 11.6 Å². The molecule has 26 heavy (non-hydrogen) atoms. The Hall–Kier alpha value is -2.12. The molecule has 0 spiro atoms. The minimum Gasteiger partial charge on any atom is -0.350 e. The first-order valence-electron chi connectivity index (χ1n) is 8.00. The van der Waals surface area contributed by atoms with Gasteiger partial charge in [-0.05, 0) is 42.3 Å². The lowest BCUT2D eigenvalue weighted by molar-refractivity contribution is -0.122. The second-order valence-corrected chi connectivity index (χ2v) is 8.04. The minimum absolute atomic E-state index is 0.177. The number of nitrogens with one attached hydrogen (secondary N) is 1. The van der Waals surface area contributed by atoms with Crippen molar-refractivity contribution in [3.63, 3.8) is 0 Å². The SMILES string of the molecule is CC[C@H](C(=O)NCc1ccccc1Cl)N(c1ccc(F)cc1)S(C)(=O)=O. The summed E-state index contributed by atoms with van der Waals surface area (Å²) in [6.45, 7) is 1.89. The Labute approximate surface area is 157 Å². The van der Waals surface area contributed by atoms with Gasteiger partial charge in [0.2, 0.25) is 15.9 Å². The standard InChI is InChI=1S/C18H20ClFN2O3S/c1-3-17(18(23)21-12-13-6-4-5-7-16(13)19)22(26(2,24)25)15-10-8-14(20)9-11-15/h4-11,17H,3,12H2,1-2H3,(H,21,23)/t17-/m1/s1. The highest BCUT2D eigenvalue weighted by Gasteiger charge is 2.31. The van der Waals surface area contributed by atoms with E-state index < -0.39 is 27.8 Å². The van der Waals surface area contributed by atoms with Crippen molar-refractivity contribution in [2.75, 3.05) is 10.6 Å². The van der Waals surface area contributed by atoms with Gasteiger partial charge in [-0.15, -0.1) is 0 Å². The van der Waals surface area contributed by atoms with E-state index in [0.717, 1.165) is 28.3 Å². The largest absolute Gasteiger partial charge is 0.350 e. The van der Waals surface area contributed by atoms with Crippen LogP contribution in [0.2, 0.25) is 5.02 Å². The molecule has 0 fully saturated rings. The van der Waals surface area contributed by atoms with Crippen LogP contribution < -0.4 is 9.62 Å². The fraction of sp³-hybridized carbons (Fsp3) is 0.278. The van der Waals surface area contributed by atoms with Crippen LogP contribution in [0, 0.1) is 5.82 Å². The molecule has 2 aromatic carbocycles. The Balaban J connectivity index is 2.25. The quantitative estimate of drug-likeness (QED) is 0.777. The third-order valence-corrected chi connectivity index (χ3v) is 5.37. The molecule has 5 nitrogen and oxygen atoms in total. The zero-order chi connectivity index (χ0) is 19.3. The number of rotatable bonds is 7. The zero-order valence-electron chi connectivity index (χ0n) is 14.4. The molecule has 0 saturated carbocycles. The molecule has 1 amide bonds. The molecule has 2 rings (SSSR count). The Morgan fingerprint density at radius 1 is 1.19 bits per heavy atom. The van der Waals surface area contributed by atoms with Crippen LogP contribution in [0.3, 0.4) is 0 Å². The molecule has 0 bridgehead atoms. The number of halogens is 2. The fourth-order valence-electron chi connectivity index (χ4n) is 2.59. The van der Waals surface area contributed by atoms with E-state index in [2.05, 4.69) is 5.32 Å². The van der Waals surface area contributed by atoms with Crippen LogP contribution in [0.1, 0.15) is 18.9 Å². The number of carbonyl (C=O) groups is 1. The molecule has 0 saturated heterocycles. The van der Waals surface area contributed by atoms with Gasteiger partial charge in [-0.25, -0.2) is 12.8 Å². The average Bonchev–Trinajstić information content (AvgIpc) is 2.58. The summed E-state index contributed by atoms with van der Waals surface area (Å²) in [5, 5.41) is 3.23. The Morgan fingerprint density at radius 3 is 2.35 bits per heavy atom. The van der Waals surface area contributed by atoms with Crippen LogP contribution in [-0.4, -0.2) is 26.6 Å². The summed E-state index contributed by atoms with van der Waals surface area (Å²) < 4.78 is 38.7. The molecule has 0 radical (unpaired) electrons. The van der Waals surface area contributed by atoms with Crippen LogP contribution in [0.25, 0.3) is 0 Å². The maximum atomic E-state index is 13.2. The third-order valence-electron chi connectivity index (χ3n) is 3.82. The topological polar surface area (TPSA) is 66.5 Å². The van der Waals surface area contributed by atoms with Gasteiger partial charge in [0.05, 0.1) is 11.9 Å². The van der Waals surface area contributed by atoms with E-state index >= 15 is 0 Å². The molecule has 1 atom stereocenters. The van der Waals surface area contributed by atoms with Gasteiger partial charge < -0.3 is 5.32 Å². The lowest BCUT2D eigenvalue weighted by Gasteiger charge is -2.30. The van der Waals surface area contributed by atoms with Crippen molar-refractivity contribution in [2.45, 2.75) is 25.9 Å². The summed E-state index contributed by atoms with van der Waals surface area (Å²) in [6.07, 6.45) is 1.26. The molecule has 0 heterocycles. The summed E-state index contributed by atoms with van der Waals surface area (Å²) in [6, 6.07) is 11.1. The zero-order valence-corrected chi connectivity index (χ0v) is 16.0. The first-order valence-corrected chi connectivity index (χ1v) is 10.2. The Morgan fingerprint density at radius 2 is 1.81 bits per heavy atom. The molecule has 2 aromatic rings. The highest BCUT2D eigenvalue weighted by atomic mass is 35.5. The van der Waals surface area contributed by atoms with E-state index in [0.29, 0.717) is 5.02 Å². The van der Waals surface area contributed by atoms with Crippen molar-refractivity contribution >= 4 is 33.2 Å². The predicted molar refractivity (Wildman–Crippen MR) is 101 cm³/mol. The number of sulfonamides is 1. The molecule has 140 valence electrons. The van der Waals surface area contributed by atoms with E-state index in [1.807, 2.05) is 0 Å². The van der Waals surface area contributed by atoms with Crippen molar-refractivity contribution in [2.24, 2.45) is 0 Å². The van der Waals surface area contributed by atoms with Crippen LogP contribution >= 0.6 is 11.6 Å². The van der Waals surface area contributed by atoms with Crippen LogP contribution in [0.5, 0.6) is 0 Å². The van der Waals surface area contributed by atoms with Gasteiger partial charge in [-0.1, -0.05) is 36.7 Å². The normalized spacial score (nSPS) is 12.5. The number of carbonyl (C=O) groups excluding carboxylic acids is 1. The number of hydrogen-bond donors (Lipinski definition) is 1. The summed E-state index contributed by atoms with van der Waals surface area (Å²) in [5.74, 6) is -0.944. The third kappa shape index (κ3) is 4.95. The Bertz CT molecular complexity index is 872. The molecule has 0 aliphatic rings. The number of amides is 1. The monoisotopic (exact) mass is 398 g/mol. The van der Waals surface area contributed by atoms with Gasteiger partial charge in [0.1, 0.15) is 11.9 Å². The van der Waals surface area contributed by atoms with Crippen molar-refractivity contribution in [3.05, 3.63) is 64.9 Å². The number of anilines is 1. The van der Waals surface area contributed by atoms with E-state index in [-0.39, 0.29) is 18.7 Å². The average molecular weight is 399 g/mol. The van der Waals surface area contributed by atoms with Crippen molar-refractivity contribution in [1.82, 2.24) is 5.32 Å². The van der Waals surface area contributed by atoms with Crippen molar-refractivity contribution in [1.29, 1.82) is 0 Å². The minimum atomic E-state index is -3.75. The van der Waals surface area contributed by atoms with Crippen molar-refractivity contribution < 1.29 is 17.6 Å². The summed E-state index contributed by atoms with van der Waals surface area (Å²) >= 11 is 6.07. The highest BCUT2D eigenvalue weighted by Crippen LogP contribution is 2.23. The lowest BCUT2D eigenvalue weighted by atomic mass is 10.1. The number of nitrogens with zero attached hydrogens (tertiary/aromatic N) is 1. The molecule has 1 N–H and O–H groups in total. The van der Waals surface area contributed by atoms with Gasteiger partial charge in [-0.2, -0.15) is 0 Å². The lowest BCUT2D eigenvalue weighted by Crippen LogP contribution is -2.49. The highest BCUT2D eigenvalue weighted by molar-refractivity contribution is 7.92. The Kier molecular flexibility index (Phi) is 6.61. The smallest absolute Gasteiger partial charge is 0.244 e. The van der Waals surface area contributed by atoms with Crippen LogP contribution in [0.4, 0.5) is 10.1 Å². The van der Waals surface area contributed by atoms with Crippen LogP contribution in [-0.2, 0) is 21.4 Å². The second-order valence-electron chi connectivity index (χ2n) is 5.77. The molecule has 8 heteroatoms. The summed E-state index contributed by atoms with van der Waals surface area (Å²) in [5.41, 5.74) is 0.957. The molecule has 0 aliphatic heterocycles. The maximum absolute atomic E-state index is 13.2. The molecular formula is C18H20ClFN2O3S. The molecule has 0 unspecified atom stereocenters. The van der Waals surface area contributed by atoms with Gasteiger partial charge in [0.15, 0.2) is 0 Å². The molecule has 0 aromatic heterocycles. The van der Waals surface area contributed by atoms with Gasteiger partial charge >= 0.3 is 0 Å². The van der Waals surface area contributed by atoms with E-state index in [4.69, 9.17) is 11.6 Å². The van der Waals surface area contributed by atoms with E-state index in [9.17, 15) is 17.6 Å². The predicted octanol–water partition coefficient (Wildman–Crippen LogP) is 3.34.